The molecule has 0 unspecified atom stereocenters. The lowest BCUT2D eigenvalue weighted by Gasteiger charge is -2.27. The van der Waals surface area contributed by atoms with Crippen LogP contribution in [0.15, 0.2) is 62.4 Å². The molecule has 7 heteroatoms. The number of hydrogen-bond donors (Lipinski definition) is 0. The molecule has 1 fully saturated rings. The van der Waals surface area contributed by atoms with Gasteiger partial charge in [0.1, 0.15) is 11.3 Å². The van der Waals surface area contributed by atoms with Crippen molar-refractivity contribution in [2.45, 2.75) is 24.8 Å². The van der Waals surface area contributed by atoms with Crippen LogP contribution in [0, 0.1) is 0 Å². The van der Waals surface area contributed by atoms with Crippen molar-refractivity contribution >= 4 is 28.5 Å². The summed E-state index contributed by atoms with van der Waals surface area (Å²) in [6, 6.07) is 11.2. The van der Waals surface area contributed by atoms with Crippen LogP contribution >= 0.6 is 0 Å². The van der Waals surface area contributed by atoms with Crippen molar-refractivity contribution in [1.29, 1.82) is 0 Å². The second kappa shape index (κ2) is 6.75. The minimum Gasteiger partial charge on any atom is -0.469 e. The van der Waals surface area contributed by atoms with Gasteiger partial charge in [-0.05, 0) is 36.4 Å². The predicted molar refractivity (Wildman–Crippen MR) is 96.5 cm³/mol. The van der Waals surface area contributed by atoms with Crippen molar-refractivity contribution < 1.29 is 23.2 Å². The molecule has 0 N–H and O–H groups in total. The molecule has 1 saturated heterocycles. The summed E-state index contributed by atoms with van der Waals surface area (Å²) < 4.78 is 15.5. The van der Waals surface area contributed by atoms with Crippen LogP contribution in [0.25, 0.3) is 11.0 Å². The Morgan fingerprint density at radius 1 is 1.22 bits per heavy atom. The highest BCUT2D eigenvalue weighted by Gasteiger charge is 2.44. The van der Waals surface area contributed by atoms with Gasteiger partial charge in [-0.2, -0.15) is 0 Å². The molecule has 2 aromatic heterocycles. The maximum atomic E-state index is 12.8. The SMILES string of the molecule is COC(=O)C[C@H]1[C@H](c2ccco2)CC(=O)N1c1ccc2oc(=O)ccc2c1. The van der Waals surface area contributed by atoms with Gasteiger partial charge in [0.15, 0.2) is 0 Å². The first-order valence-electron chi connectivity index (χ1n) is 8.53. The molecule has 0 radical (unpaired) electrons. The third kappa shape index (κ3) is 3.12. The number of hydrogen-bond acceptors (Lipinski definition) is 6. The van der Waals surface area contributed by atoms with Crippen LogP contribution in [0.1, 0.15) is 24.5 Å². The topological polar surface area (TPSA) is 90.0 Å². The molecule has 0 bridgehead atoms. The Labute approximate surface area is 154 Å². The average Bonchev–Trinajstić information content (AvgIpc) is 3.29. The van der Waals surface area contributed by atoms with Gasteiger partial charge in [-0.15, -0.1) is 0 Å². The van der Waals surface area contributed by atoms with Gasteiger partial charge in [0.2, 0.25) is 5.91 Å². The van der Waals surface area contributed by atoms with Crippen LogP contribution in [0.5, 0.6) is 0 Å². The number of carbonyl (C=O) groups excluding carboxylic acids is 2. The molecule has 2 atom stereocenters. The third-order valence-corrected chi connectivity index (χ3v) is 4.85. The molecule has 4 rings (SSSR count). The summed E-state index contributed by atoms with van der Waals surface area (Å²) in [6.07, 6.45) is 1.84. The number of ether oxygens (including phenoxy) is 1. The summed E-state index contributed by atoms with van der Waals surface area (Å²) in [5.74, 6) is -0.104. The predicted octanol–water partition coefficient (Wildman–Crippen LogP) is 2.84. The number of nitrogens with zero attached hydrogens (tertiary/aromatic N) is 1. The molecule has 7 nitrogen and oxygen atoms in total. The minimum absolute atomic E-state index is 0.0511. The van der Waals surface area contributed by atoms with Crippen LogP contribution < -0.4 is 10.5 Å². The number of amides is 1. The zero-order valence-corrected chi connectivity index (χ0v) is 14.6. The number of carbonyl (C=O) groups is 2. The average molecular weight is 367 g/mol. The first-order valence-corrected chi connectivity index (χ1v) is 8.53. The quantitative estimate of drug-likeness (QED) is 0.520. The van der Waals surface area contributed by atoms with E-state index in [1.54, 1.807) is 47.6 Å². The largest absolute Gasteiger partial charge is 0.469 e. The van der Waals surface area contributed by atoms with Gasteiger partial charge in [0.05, 0.1) is 25.8 Å². The standard InChI is InChI=1S/C20H17NO6/c1-25-20(24)11-15-14(17-3-2-8-26-17)10-18(22)21(15)13-5-6-16-12(9-13)4-7-19(23)27-16/h2-9,14-15H,10-11H2,1H3/t14-,15+/m1/s1. The van der Waals surface area contributed by atoms with Crippen LogP contribution in [-0.4, -0.2) is 25.0 Å². The Hall–Kier alpha value is -3.35. The molecule has 0 saturated carbocycles. The zero-order chi connectivity index (χ0) is 19.0. The smallest absolute Gasteiger partial charge is 0.336 e. The molecule has 1 aromatic carbocycles. The van der Waals surface area contributed by atoms with E-state index < -0.39 is 17.6 Å². The van der Waals surface area contributed by atoms with Gasteiger partial charge in [-0.3, -0.25) is 9.59 Å². The maximum absolute atomic E-state index is 12.8. The van der Waals surface area contributed by atoms with E-state index in [9.17, 15) is 14.4 Å². The lowest BCUT2D eigenvalue weighted by molar-refractivity contribution is -0.141. The highest BCUT2D eigenvalue weighted by atomic mass is 16.5. The van der Waals surface area contributed by atoms with Gasteiger partial charge < -0.3 is 18.5 Å². The Morgan fingerprint density at radius 2 is 2.07 bits per heavy atom. The summed E-state index contributed by atoms with van der Waals surface area (Å²) in [5, 5.41) is 0.693. The van der Waals surface area contributed by atoms with E-state index in [2.05, 4.69) is 0 Å². The molecule has 1 amide bonds. The van der Waals surface area contributed by atoms with Crippen molar-refractivity contribution in [1.82, 2.24) is 0 Å². The van der Waals surface area contributed by atoms with Crippen molar-refractivity contribution in [3.05, 3.63) is 64.9 Å². The van der Waals surface area contributed by atoms with Gasteiger partial charge in [0, 0.05) is 29.5 Å². The van der Waals surface area contributed by atoms with E-state index in [-0.39, 0.29) is 24.7 Å². The molecule has 0 spiro atoms. The Kier molecular flexibility index (Phi) is 4.27. The molecular formula is C20H17NO6. The zero-order valence-electron chi connectivity index (χ0n) is 14.6. The third-order valence-electron chi connectivity index (χ3n) is 4.85. The molecule has 1 aliphatic heterocycles. The van der Waals surface area contributed by atoms with Crippen molar-refractivity contribution in [2.24, 2.45) is 0 Å². The van der Waals surface area contributed by atoms with Gasteiger partial charge >= 0.3 is 11.6 Å². The lowest BCUT2D eigenvalue weighted by atomic mass is 9.94. The normalized spacial score (nSPS) is 19.6. The van der Waals surface area contributed by atoms with E-state index in [1.165, 1.54) is 13.2 Å². The highest BCUT2D eigenvalue weighted by molar-refractivity contribution is 5.99. The molecule has 3 aromatic rings. The minimum atomic E-state index is -0.436. The molecule has 138 valence electrons. The first kappa shape index (κ1) is 17.1. The fourth-order valence-electron chi connectivity index (χ4n) is 3.61. The van der Waals surface area contributed by atoms with E-state index in [0.717, 1.165) is 0 Å². The van der Waals surface area contributed by atoms with E-state index in [0.29, 0.717) is 22.4 Å². The summed E-state index contributed by atoms with van der Waals surface area (Å²) in [6.45, 7) is 0. The fourth-order valence-corrected chi connectivity index (χ4v) is 3.61. The van der Waals surface area contributed by atoms with Gasteiger partial charge in [-0.25, -0.2) is 4.79 Å². The van der Waals surface area contributed by atoms with Gasteiger partial charge in [0.25, 0.3) is 0 Å². The van der Waals surface area contributed by atoms with Crippen LogP contribution in [0.4, 0.5) is 5.69 Å². The number of benzene rings is 1. The number of rotatable bonds is 4. The lowest BCUT2D eigenvalue weighted by Crippen LogP contribution is -2.36. The second-order valence-electron chi connectivity index (χ2n) is 6.41. The van der Waals surface area contributed by atoms with Gasteiger partial charge in [-0.1, -0.05) is 0 Å². The first-order chi connectivity index (χ1) is 13.1. The molecule has 3 heterocycles. The van der Waals surface area contributed by atoms with Crippen molar-refractivity contribution in [2.75, 3.05) is 12.0 Å². The van der Waals surface area contributed by atoms with Crippen molar-refractivity contribution in [3.8, 4) is 0 Å². The summed E-state index contributed by atoms with van der Waals surface area (Å²) in [4.78, 5) is 37.8. The molecule has 1 aliphatic rings. The Morgan fingerprint density at radius 3 is 2.81 bits per heavy atom. The second-order valence-corrected chi connectivity index (χ2v) is 6.41. The molecule has 27 heavy (non-hydrogen) atoms. The monoisotopic (exact) mass is 367 g/mol. The molecule has 0 aliphatic carbocycles. The summed E-state index contributed by atoms with van der Waals surface area (Å²) in [5.41, 5.74) is 0.628. The van der Waals surface area contributed by atoms with Crippen LogP contribution in [-0.2, 0) is 14.3 Å². The number of methoxy groups -OCH3 is 1. The molecular weight excluding hydrogens is 350 g/mol. The summed E-state index contributed by atoms with van der Waals surface area (Å²) >= 11 is 0. The number of esters is 1. The highest BCUT2D eigenvalue weighted by Crippen LogP contribution is 2.40. The van der Waals surface area contributed by atoms with Crippen LogP contribution in [0.2, 0.25) is 0 Å². The summed E-state index contributed by atoms with van der Waals surface area (Å²) in [7, 11) is 1.32. The van der Waals surface area contributed by atoms with Crippen molar-refractivity contribution in [3.63, 3.8) is 0 Å². The van der Waals surface area contributed by atoms with E-state index in [1.807, 2.05) is 0 Å². The number of fused-ring (bicyclic) bond motifs is 1. The number of furan rings is 1. The fraction of sp³-hybridized carbons (Fsp3) is 0.250. The Balaban J connectivity index is 1.76. The van der Waals surface area contributed by atoms with E-state index >= 15 is 0 Å². The maximum Gasteiger partial charge on any atom is 0.336 e. The van der Waals surface area contributed by atoms with E-state index in [4.69, 9.17) is 13.6 Å². The number of anilines is 1. The Bertz CT molecular complexity index is 1050. The van der Waals surface area contributed by atoms with Crippen LogP contribution in [0.3, 0.4) is 0 Å².